The van der Waals surface area contributed by atoms with Crippen LogP contribution in [-0.4, -0.2) is 30.6 Å². The van der Waals surface area contributed by atoms with Gasteiger partial charge in [-0.1, -0.05) is 30.2 Å². The molecule has 19 heavy (non-hydrogen) atoms. The van der Waals surface area contributed by atoms with Gasteiger partial charge in [-0.25, -0.2) is 4.98 Å². The number of halogens is 1. The molecule has 7 nitrogen and oxygen atoms in total. The molecule has 2 aromatic rings. The van der Waals surface area contributed by atoms with E-state index in [0.717, 1.165) is 30.8 Å². The van der Waals surface area contributed by atoms with Gasteiger partial charge in [0.2, 0.25) is 0 Å². The van der Waals surface area contributed by atoms with E-state index in [1.165, 1.54) is 0 Å². The molecule has 0 aromatic carbocycles. The summed E-state index contributed by atoms with van der Waals surface area (Å²) in [5, 5.41) is 17.6. The summed E-state index contributed by atoms with van der Waals surface area (Å²) in [6, 6.07) is -0.00258. The number of aryl methyl sites for hydroxylation is 1. The summed E-state index contributed by atoms with van der Waals surface area (Å²) >= 11 is 6.10. The van der Waals surface area contributed by atoms with E-state index in [1.807, 2.05) is 6.92 Å². The number of tetrazole rings is 1. The van der Waals surface area contributed by atoms with E-state index < -0.39 is 0 Å². The van der Waals surface area contributed by atoms with E-state index in [9.17, 15) is 0 Å². The summed E-state index contributed by atoms with van der Waals surface area (Å²) in [6.45, 7) is 4.71. The van der Waals surface area contributed by atoms with Crippen LogP contribution in [0.1, 0.15) is 50.1 Å². The highest BCUT2D eigenvalue weighted by Crippen LogP contribution is 2.15. The second-order valence-electron chi connectivity index (χ2n) is 4.43. The van der Waals surface area contributed by atoms with E-state index in [1.54, 1.807) is 0 Å². The number of imidazole rings is 1. The lowest BCUT2D eigenvalue weighted by atomic mass is 10.2. The van der Waals surface area contributed by atoms with Crippen LogP contribution in [0.3, 0.4) is 0 Å². The fraction of sp³-hybridized carbons (Fsp3) is 0.636. The first-order chi connectivity index (χ1) is 9.20. The SMILES string of the molecule is CCCCc1nc(Cl)c(CNC(C)c2nn[nH]n2)[nH]1. The number of H-pyrrole nitrogens is 2. The van der Waals surface area contributed by atoms with E-state index in [4.69, 9.17) is 11.6 Å². The van der Waals surface area contributed by atoms with Crippen molar-refractivity contribution in [3.63, 3.8) is 0 Å². The molecular formula is C11H18ClN7. The molecule has 0 amide bonds. The van der Waals surface area contributed by atoms with Crippen molar-refractivity contribution in [3.8, 4) is 0 Å². The maximum Gasteiger partial charge on any atom is 0.191 e. The quantitative estimate of drug-likeness (QED) is 0.720. The maximum absolute atomic E-state index is 6.10. The molecule has 0 fully saturated rings. The molecule has 0 radical (unpaired) electrons. The second kappa shape index (κ2) is 6.63. The van der Waals surface area contributed by atoms with E-state index >= 15 is 0 Å². The van der Waals surface area contributed by atoms with Gasteiger partial charge >= 0.3 is 0 Å². The average molecular weight is 284 g/mol. The monoisotopic (exact) mass is 283 g/mol. The Kier molecular flexibility index (Phi) is 4.86. The van der Waals surface area contributed by atoms with Gasteiger partial charge in [0.05, 0.1) is 11.7 Å². The van der Waals surface area contributed by atoms with Crippen molar-refractivity contribution in [2.24, 2.45) is 0 Å². The van der Waals surface area contributed by atoms with Crippen molar-refractivity contribution in [1.82, 2.24) is 35.9 Å². The molecule has 104 valence electrons. The summed E-state index contributed by atoms with van der Waals surface area (Å²) in [7, 11) is 0. The molecule has 0 aliphatic rings. The van der Waals surface area contributed by atoms with Crippen molar-refractivity contribution in [2.45, 2.75) is 45.7 Å². The third-order valence-corrected chi connectivity index (χ3v) is 3.19. The highest BCUT2D eigenvalue weighted by molar-refractivity contribution is 6.30. The zero-order valence-corrected chi connectivity index (χ0v) is 11.8. The fourth-order valence-corrected chi connectivity index (χ4v) is 1.93. The summed E-state index contributed by atoms with van der Waals surface area (Å²) in [4.78, 5) is 7.56. The van der Waals surface area contributed by atoms with Crippen LogP contribution in [0.25, 0.3) is 0 Å². The van der Waals surface area contributed by atoms with Gasteiger partial charge in [0.1, 0.15) is 5.82 Å². The van der Waals surface area contributed by atoms with Gasteiger partial charge in [0.15, 0.2) is 11.0 Å². The van der Waals surface area contributed by atoms with Crippen LogP contribution < -0.4 is 5.32 Å². The lowest BCUT2D eigenvalue weighted by Gasteiger charge is -2.08. The molecule has 1 unspecified atom stereocenters. The minimum atomic E-state index is -0.00258. The van der Waals surface area contributed by atoms with Crippen LogP contribution in [0.4, 0.5) is 0 Å². The van der Waals surface area contributed by atoms with Gasteiger partial charge in [0, 0.05) is 13.0 Å². The highest BCUT2D eigenvalue weighted by atomic mass is 35.5. The summed E-state index contributed by atoms with van der Waals surface area (Å²) in [5.74, 6) is 1.57. The Hall–Kier alpha value is -1.47. The van der Waals surface area contributed by atoms with Crippen LogP contribution >= 0.6 is 11.6 Å². The minimum absolute atomic E-state index is 0.00258. The number of aromatic amines is 2. The first-order valence-corrected chi connectivity index (χ1v) is 6.78. The van der Waals surface area contributed by atoms with E-state index in [2.05, 4.69) is 42.8 Å². The Morgan fingerprint density at radius 2 is 2.26 bits per heavy atom. The van der Waals surface area contributed by atoms with Crippen molar-refractivity contribution in [2.75, 3.05) is 0 Å². The number of aromatic nitrogens is 6. The third-order valence-electron chi connectivity index (χ3n) is 2.88. The maximum atomic E-state index is 6.10. The third kappa shape index (κ3) is 3.74. The summed E-state index contributed by atoms with van der Waals surface area (Å²) in [5.41, 5.74) is 0.892. The summed E-state index contributed by atoms with van der Waals surface area (Å²) < 4.78 is 0. The van der Waals surface area contributed by atoms with E-state index in [0.29, 0.717) is 17.5 Å². The van der Waals surface area contributed by atoms with Crippen molar-refractivity contribution in [3.05, 3.63) is 22.5 Å². The molecular weight excluding hydrogens is 266 g/mol. The van der Waals surface area contributed by atoms with Gasteiger partial charge in [0.25, 0.3) is 0 Å². The van der Waals surface area contributed by atoms with Crippen molar-refractivity contribution in [1.29, 1.82) is 0 Å². The molecule has 8 heteroatoms. The Morgan fingerprint density at radius 1 is 1.42 bits per heavy atom. The van der Waals surface area contributed by atoms with Crippen LogP contribution in [0.15, 0.2) is 0 Å². The Labute approximate surface area is 116 Å². The largest absolute Gasteiger partial charge is 0.344 e. The molecule has 0 saturated carbocycles. The van der Waals surface area contributed by atoms with E-state index in [-0.39, 0.29) is 6.04 Å². The molecule has 0 spiro atoms. The predicted molar refractivity (Wildman–Crippen MR) is 71.6 cm³/mol. The number of nitrogens with zero attached hydrogens (tertiary/aromatic N) is 4. The number of unbranched alkanes of at least 4 members (excludes halogenated alkanes) is 1. The standard InChI is InChI=1S/C11H18ClN7/c1-3-4-5-9-14-8(10(12)15-9)6-13-7(2)11-16-18-19-17-11/h7,13H,3-6H2,1-2H3,(H,14,15)(H,16,17,18,19). The van der Waals surface area contributed by atoms with Gasteiger partial charge < -0.3 is 10.3 Å². The lowest BCUT2D eigenvalue weighted by molar-refractivity contribution is 0.541. The lowest BCUT2D eigenvalue weighted by Crippen LogP contribution is -2.19. The first-order valence-electron chi connectivity index (χ1n) is 6.40. The van der Waals surface area contributed by atoms with Crippen LogP contribution in [-0.2, 0) is 13.0 Å². The van der Waals surface area contributed by atoms with Gasteiger partial charge in [-0.15, -0.1) is 10.2 Å². The number of nitrogens with one attached hydrogen (secondary N) is 3. The molecule has 2 heterocycles. The smallest absolute Gasteiger partial charge is 0.191 e. The molecule has 0 saturated heterocycles. The second-order valence-corrected chi connectivity index (χ2v) is 4.79. The predicted octanol–water partition coefficient (Wildman–Crippen LogP) is 1.77. The molecule has 0 aliphatic heterocycles. The normalized spacial score (nSPS) is 12.8. The average Bonchev–Trinajstić information content (AvgIpc) is 3.03. The first kappa shape index (κ1) is 14.0. The number of rotatable bonds is 7. The zero-order chi connectivity index (χ0) is 13.7. The highest BCUT2D eigenvalue weighted by Gasteiger charge is 2.12. The van der Waals surface area contributed by atoms with Crippen LogP contribution in [0, 0.1) is 0 Å². The Bertz CT molecular complexity index is 493. The Morgan fingerprint density at radius 3 is 2.95 bits per heavy atom. The molecule has 0 bridgehead atoms. The van der Waals surface area contributed by atoms with Gasteiger partial charge in [-0.2, -0.15) is 5.21 Å². The van der Waals surface area contributed by atoms with Crippen LogP contribution in [0.2, 0.25) is 5.15 Å². The molecule has 0 aliphatic carbocycles. The Balaban J connectivity index is 1.90. The molecule has 3 N–H and O–H groups in total. The number of hydrogen-bond acceptors (Lipinski definition) is 5. The molecule has 2 rings (SSSR count). The topological polar surface area (TPSA) is 95.2 Å². The fourth-order valence-electron chi connectivity index (χ4n) is 1.72. The zero-order valence-electron chi connectivity index (χ0n) is 11.1. The van der Waals surface area contributed by atoms with Gasteiger partial charge in [-0.05, 0) is 13.3 Å². The van der Waals surface area contributed by atoms with Crippen LogP contribution in [0.5, 0.6) is 0 Å². The molecule has 1 atom stereocenters. The molecule has 2 aromatic heterocycles. The van der Waals surface area contributed by atoms with Crippen molar-refractivity contribution >= 4 is 11.6 Å². The summed E-state index contributed by atoms with van der Waals surface area (Å²) in [6.07, 6.45) is 3.17. The number of hydrogen-bond donors (Lipinski definition) is 3. The van der Waals surface area contributed by atoms with Gasteiger partial charge in [-0.3, -0.25) is 0 Å². The van der Waals surface area contributed by atoms with Crippen molar-refractivity contribution < 1.29 is 0 Å². The minimum Gasteiger partial charge on any atom is -0.344 e.